The van der Waals surface area contributed by atoms with Crippen molar-refractivity contribution < 1.29 is 9.90 Å². The molecule has 1 saturated heterocycles. The highest BCUT2D eigenvalue weighted by Crippen LogP contribution is 2.18. The van der Waals surface area contributed by atoms with Gasteiger partial charge in [0.15, 0.2) is 0 Å². The van der Waals surface area contributed by atoms with E-state index in [1.807, 2.05) is 4.90 Å². The van der Waals surface area contributed by atoms with E-state index in [2.05, 4.69) is 9.97 Å². The molecule has 16 heavy (non-hydrogen) atoms. The van der Waals surface area contributed by atoms with Gasteiger partial charge in [0, 0.05) is 31.3 Å². The molecule has 2 heterocycles. The average Bonchev–Trinajstić information content (AvgIpc) is 2.13. The summed E-state index contributed by atoms with van der Waals surface area (Å²) in [4.78, 5) is 20.8. The zero-order valence-corrected chi connectivity index (χ0v) is 8.89. The van der Waals surface area contributed by atoms with E-state index in [1.165, 1.54) is 0 Å². The fraction of sp³-hybridized carbons (Fsp3) is 0.500. The number of aliphatic carboxylic acids is 1. The third-order valence-corrected chi connectivity index (χ3v) is 2.63. The Kier molecular flexibility index (Phi) is 2.89. The lowest BCUT2D eigenvalue weighted by Crippen LogP contribution is -2.38. The molecule has 6 nitrogen and oxygen atoms in total. The summed E-state index contributed by atoms with van der Waals surface area (Å²) >= 11 is 0. The molecule has 86 valence electrons. The van der Waals surface area contributed by atoms with Crippen LogP contribution in [0.25, 0.3) is 0 Å². The van der Waals surface area contributed by atoms with Crippen LogP contribution in [0.15, 0.2) is 6.20 Å². The highest BCUT2D eigenvalue weighted by atomic mass is 16.4. The quantitative estimate of drug-likeness (QED) is 0.760. The van der Waals surface area contributed by atoms with Crippen LogP contribution in [0.3, 0.4) is 0 Å². The van der Waals surface area contributed by atoms with Crippen LogP contribution in [0.5, 0.6) is 0 Å². The predicted molar refractivity (Wildman–Crippen MR) is 59.2 cm³/mol. The van der Waals surface area contributed by atoms with E-state index in [1.54, 1.807) is 6.20 Å². The largest absolute Gasteiger partial charge is 0.481 e. The molecule has 3 N–H and O–H groups in total. The van der Waals surface area contributed by atoms with E-state index in [9.17, 15) is 4.79 Å². The van der Waals surface area contributed by atoms with Crippen LogP contribution in [0.1, 0.15) is 18.4 Å². The Labute approximate surface area is 93.1 Å². The molecule has 1 fully saturated rings. The van der Waals surface area contributed by atoms with E-state index in [0.717, 1.165) is 19.5 Å². The van der Waals surface area contributed by atoms with Crippen molar-refractivity contribution in [2.45, 2.75) is 19.3 Å². The van der Waals surface area contributed by atoms with Gasteiger partial charge in [-0.15, -0.1) is 0 Å². The first kappa shape index (κ1) is 10.7. The van der Waals surface area contributed by atoms with Crippen LogP contribution >= 0.6 is 0 Å². The molecular formula is C10H14N4O2. The van der Waals surface area contributed by atoms with Gasteiger partial charge in [-0.2, -0.15) is 4.98 Å². The highest BCUT2D eigenvalue weighted by Gasteiger charge is 2.17. The van der Waals surface area contributed by atoms with Crippen LogP contribution in [0.2, 0.25) is 0 Å². The summed E-state index contributed by atoms with van der Waals surface area (Å²) in [5.74, 6) is 0.187. The topological polar surface area (TPSA) is 92.3 Å². The second-order valence-corrected chi connectivity index (χ2v) is 3.81. The van der Waals surface area contributed by atoms with Crippen molar-refractivity contribution in [1.82, 2.24) is 9.97 Å². The maximum Gasteiger partial charge on any atom is 0.303 e. The van der Waals surface area contributed by atoms with Crippen LogP contribution in [0.4, 0.5) is 11.8 Å². The number of anilines is 2. The smallest absolute Gasteiger partial charge is 0.303 e. The summed E-state index contributed by atoms with van der Waals surface area (Å²) in [6.07, 6.45) is 3.21. The third-order valence-electron chi connectivity index (χ3n) is 2.63. The Morgan fingerprint density at radius 2 is 2.31 bits per heavy atom. The SMILES string of the molecule is Nc1nc(N2CCC2)ncc1CCC(=O)O. The van der Waals surface area contributed by atoms with Gasteiger partial charge in [-0.05, 0) is 12.8 Å². The number of carboxylic acids is 1. The lowest BCUT2D eigenvalue weighted by molar-refractivity contribution is -0.136. The predicted octanol–water partition coefficient (Wildman–Crippen LogP) is 0.286. The minimum Gasteiger partial charge on any atom is -0.481 e. The second kappa shape index (κ2) is 4.34. The number of carbonyl (C=O) groups is 1. The Morgan fingerprint density at radius 3 is 2.81 bits per heavy atom. The molecule has 2 rings (SSSR count). The number of rotatable bonds is 4. The summed E-state index contributed by atoms with van der Waals surface area (Å²) in [7, 11) is 0. The first-order valence-corrected chi connectivity index (χ1v) is 5.25. The summed E-state index contributed by atoms with van der Waals surface area (Å²) in [6.45, 7) is 1.93. The maximum absolute atomic E-state index is 10.4. The van der Waals surface area contributed by atoms with Crippen molar-refractivity contribution in [2.24, 2.45) is 0 Å². The zero-order chi connectivity index (χ0) is 11.5. The molecule has 0 aromatic carbocycles. The van der Waals surface area contributed by atoms with E-state index in [0.29, 0.717) is 23.8 Å². The van der Waals surface area contributed by atoms with Crippen molar-refractivity contribution in [3.8, 4) is 0 Å². The summed E-state index contributed by atoms with van der Waals surface area (Å²) in [5, 5.41) is 8.57. The fourth-order valence-electron chi connectivity index (χ4n) is 1.51. The number of nitrogens with zero attached hydrogens (tertiary/aromatic N) is 3. The number of aromatic nitrogens is 2. The lowest BCUT2D eigenvalue weighted by atomic mass is 10.2. The van der Waals surface area contributed by atoms with Crippen molar-refractivity contribution >= 4 is 17.7 Å². The Hall–Kier alpha value is -1.85. The van der Waals surface area contributed by atoms with E-state index >= 15 is 0 Å². The van der Waals surface area contributed by atoms with Gasteiger partial charge in [-0.1, -0.05) is 0 Å². The minimum atomic E-state index is -0.841. The molecule has 0 spiro atoms. The molecule has 1 aliphatic rings. The van der Waals surface area contributed by atoms with Crippen LogP contribution in [-0.4, -0.2) is 34.1 Å². The molecular weight excluding hydrogens is 208 g/mol. The second-order valence-electron chi connectivity index (χ2n) is 3.81. The zero-order valence-electron chi connectivity index (χ0n) is 8.89. The van der Waals surface area contributed by atoms with Gasteiger partial charge in [-0.3, -0.25) is 4.79 Å². The molecule has 1 aromatic heterocycles. The molecule has 6 heteroatoms. The van der Waals surface area contributed by atoms with Gasteiger partial charge in [0.1, 0.15) is 5.82 Å². The molecule has 1 aliphatic heterocycles. The molecule has 1 aromatic rings. The van der Waals surface area contributed by atoms with Gasteiger partial charge in [-0.25, -0.2) is 4.98 Å². The number of hydrogen-bond acceptors (Lipinski definition) is 5. The normalized spacial score (nSPS) is 14.6. The van der Waals surface area contributed by atoms with Crippen molar-refractivity contribution in [3.05, 3.63) is 11.8 Å². The van der Waals surface area contributed by atoms with Crippen molar-refractivity contribution in [2.75, 3.05) is 23.7 Å². The van der Waals surface area contributed by atoms with E-state index < -0.39 is 5.97 Å². The standard InChI is InChI=1S/C10H14N4O2/c11-9-7(2-3-8(15)16)6-12-10(13-9)14-4-1-5-14/h6H,1-5H2,(H,15,16)(H2,11,12,13). The third kappa shape index (κ3) is 2.21. The summed E-state index contributed by atoms with van der Waals surface area (Å²) < 4.78 is 0. The Balaban J connectivity index is 2.06. The number of carboxylic acid groups (broad SMARTS) is 1. The lowest BCUT2D eigenvalue weighted by Gasteiger charge is -2.30. The molecule has 0 atom stereocenters. The van der Waals surface area contributed by atoms with Gasteiger partial charge in [0.05, 0.1) is 0 Å². The molecule has 0 saturated carbocycles. The van der Waals surface area contributed by atoms with Gasteiger partial charge in [0.2, 0.25) is 5.95 Å². The molecule has 0 aliphatic carbocycles. The van der Waals surface area contributed by atoms with Crippen LogP contribution in [0, 0.1) is 0 Å². The minimum absolute atomic E-state index is 0.0522. The van der Waals surface area contributed by atoms with Crippen molar-refractivity contribution in [1.29, 1.82) is 0 Å². The fourth-order valence-corrected chi connectivity index (χ4v) is 1.51. The van der Waals surface area contributed by atoms with E-state index in [-0.39, 0.29) is 6.42 Å². The number of aryl methyl sites for hydroxylation is 1. The van der Waals surface area contributed by atoms with E-state index in [4.69, 9.17) is 10.8 Å². The number of nitrogen functional groups attached to an aromatic ring is 1. The van der Waals surface area contributed by atoms with Crippen LogP contribution in [-0.2, 0) is 11.2 Å². The average molecular weight is 222 g/mol. The first-order chi connectivity index (χ1) is 7.66. The van der Waals surface area contributed by atoms with Gasteiger partial charge < -0.3 is 15.7 Å². The highest BCUT2D eigenvalue weighted by molar-refractivity contribution is 5.67. The number of nitrogens with two attached hydrogens (primary N) is 1. The Bertz CT molecular complexity index is 404. The molecule has 0 unspecified atom stereocenters. The first-order valence-electron chi connectivity index (χ1n) is 5.25. The number of hydrogen-bond donors (Lipinski definition) is 2. The molecule has 0 bridgehead atoms. The Morgan fingerprint density at radius 1 is 1.56 bits per heavy atom. The molecule has 0 amide bonds. The summed E-state index contributed by atoms with van der Waals surface area (Å²) in [5.41, 5.74) is 6.45. The van der Waals surface area contributed by atoms with Gasteiger partial charge in [0.25, 0.3) is 0 Å². The van der Waals surface area contributed by atoms with Crippen LogP contribution < -0.4 is 10.6 Å². The maximum atomic E-state index is 10.4. The van der Waals surface area contributed by atoms with Crippen molar-refractivity contribution in [3.63, 3.8) is 0 Å². The molecule has 0 radical (unpaired) electrons. The van der Waals surface area contributed by atoms with Gasteiger partial charge >= 0.3 is 5.97 Å². The monoisotopic (exact) mass is 222 g/mol. The summed E-state index contributed by atoms with van der Waals surface area (Å²) in [6, 6.07) is 0.